The van der Waals surface area contributed by atoms with Crippen LogP contribution in [0.15, 0.2) is 59.6 Å². The minimum Gasteiger partial charge on any atom is -0.384 e. The van der Waals surface area contributed by atoms with Gasteiger partial charge in [0.2, 0.25) is 17.7 Å². The molecule has 0 aromatic heterocycles. The molecule has 0 bridgehead atoms. The predicted octanol–water partition coefficient (Wildman–Crippen LogP) is 1.46. The monoisotopic (exact) mass is 576 g/mol. The van der Waals surface area contributed by atoms with Crippen molar-refractivity contribution in [2.75, 3.05) is 6.54 Å². The summed E-state index contributed by atoms with van der Waals surface area (Å²) in [6, 6.07) is 14.9. The van der Waals surface area contributed by atoms with Crippen LogP contribution >= 0.6 is 0 Å². The highest BCUT2D eigenvalue weighted by Gasteiger charge is 2.33. The standard InChI is InChI=1S/C31H44N8O3/c32-27(33)23-15-13-21(14-16-23)18-24(22-10-5-2-6-11-22)29(41)39-26(19-20-8-3-1-4-9-20)30(42)38-25(28(34)40)12-7-17-37-31(35)36/h1,3-4,8-9,13-16,22,24-26H,2,5-7,10-12,17-19H2,(H3,32,33)(H2,34,40)(H,38,42)(H,39,41)(H4,35,36,37)/t24?,25-,26-/m0/s1. The quantitative estimate of drug-likeness (QED) is 0.0945. The van der Waals surface area contributed by atoms with E-state index in [0.29, 0.717) is 24.9 Å². The lowest BCUT2D eigenvalue weighted by atomic mass is 9.76. The molecule has 2 aromatic rings. The fourth-order valence-corrected chi connectivity index (χ4v) is 5.48. The molecule has 0 spiro atoms. The fraction of sp³-hybridized carbons (Fsp3) is 0.452. The lowest BCUT2D eigenvalue weighted by molar-refractivity contribution is -0.133. The molecule has 1 unspecified atom stereocenters. The Kier molecular flexibility index (Phi) is 12.3. The summed E-state index contributed by atoms with van der Waals surface area (Å²) >= 11 is 0. The first kappa shape index (κ1) is 32.1. The van der Waals surface area contributed by atoms with E-state index in [1.807, 2.05) is 42.5 Å². The van der Waals surface area contributed by atoms with Crippen molar-refractivity contribution < 1.29 is 14.4 Å². The number of nitrogen functional groups attached to an aromatic ring is 1. The smallest absolute Gasteiger partial charge is 0.243 e. The van der Waals surface area contributed by atoms with E-state index in [9.17, 15) is 14.4 Å². The van der Waals surface area contributed by atoms with E-state index in [-0.39, 0.29) is 42.4 Å². The number of nitrogens with zero attached hydrogens (tertiary/aromatic N) is 1. The third-order valence-corrected chi connectivity index (χ3v) is 7.80. The number of aliphatic imine (C=N–C) groups is 1. The van der Waals surface area contributed by atoms with Crippen LogP contribution in [0.25, 0.3) is 0 Å². The van der Waals surface area contributed by atoms with Gasteiger partial charge in [-0.25, -0.2) is 0 Å². The van der Waals surface area contributed by atoms with Gasteiger partial charge in [0.1, 0.15) is 17.9 Å². The molecule has 2 aromatic carbocycles. The topological polar surface area (TPSA) is 216 Å². The van der Waals surface area contributed by atoms with Crippen LogP contribution in [-0.2, 0) is 27.2 Å². The van der Waals surface area contributed by atoms with Crippen LogP contribution in [-0.4, -0.2) is 48.1 Å². The van der Waals surface area contributed by atoms with Crippen LogP contribution in [0.3, 0.4) is 0 Å². The van der Waals surface area contributed by atoms with Crippen molar-refractivity contribution in [1.29, 1.82) is 5.41 Å². The van der Waals surface area contributed by atoms with Gasteiger partial charge in [0.25, 0.3) is 0 Å². The molecule has 1 aliphatic rings. The zero-order chi connectivity index (χ0) is 30.5. The first-order valence-corrected chi connectivity index (χ1v) is 14.6. The number of hydrogen-bond donors (Lipinski definition) is 7. The summed E-state index contributed by atoms with van der Waals surface area (Å²) in [4.78, 5) is 43.6. The predicted molar refractivity (Wildman–Crippen MR) is 164 cm³/mol. The van der Waals surface area contributed by atoms with E-state index in [1.54, 1.807) is 12.1 Å². The van der Waals surface area contributed by atoms with Crippen LogP contribution < -0.4 is 33.6 Å². The molecule has 1 saturated carbocycles. The Bertz CT molecular complexity index is 1220. The molecule has 42 heavy (non-hydrogen) atoms. The van der Waals surface area contributed by atoms with E-state index in [4.69, 9.17) is 28.3 Å². The Morgan fingerprint density at radius 3 is 2.02 bits per heavy atom. The summed E-state index contributed by atoms with van der Waals surface area (Å²) in [5.74, 6) is -1.58. The van der Waals surface area contributed by atoms with Crippen molar-refractivity contribution in [3.63, 3.8) is 0 Å². The summed E-state index contributed by atoms with van der Waals surface area (Å²) in [5, 5.41) is 13.4. The summed E-state index contributed by atoms with van der Waals surface area (Å²) in [6.45, 7) is 0.294. The summed E-state index contributed by atoms with van der Waals surface area (Å²) in [7, 11) is 0. The van der Waals surface area contributed by atoms with Gasteiger partial charge in [0.05, 0.1) is 0 Å². The van der Waals surface area contributed by atoms with Gasteiger partial charge in [-0.1, -0.05) is 73.9 Å². The van der Waals surface area contributed by atoms with Crippen molar-refractivity contribution in [3.05, 3.63) is 71.3 Å². The van der Waals surface area contributed by atoms with Crippen molar-refractivity contribution in [2.24, 2.45) is 39.8 Å². The second kappa shape index (κ2) is 16.1. The Morgan fingerprint density at radius 1 is 0.810 bits per heavy atom. The molecule has 0 aliphatic heterocycles. The van der Waals surface area contributed by atoms with E-state index in [0.717, 1.165) is 43.2 Å². The zero-order valence-electron chi connectivity index (χ0n) is 24.1. The molecule has 3 atom stereocenters. The fourth-order valence-electron chi connectivity index (χ4n) is 5.48. The Morgan fingerprint density at radius 2 is 1.43 bits per heavy atom. The lowest BCUT2D eigenvalue weighted by Crippen LogP contribution is -2.55. The van der Waals surface area contributed by atoms with Gasteiger partial charge in [-0.3, -0.25) is 24.8 Å². The number of amidine groups is 1. The highest BCUT2D eigenvalue weighted by molar-refractivity contribution is 5.95. The summed E-state index contributed by atoms with van der Waals surface area (Å²) < 4.78 is 0. The van der Waals surface area contributed by atoms with Gasteiger partial charge < -0.3 is 33.6 Å². The van der Waals surface area contributed by atoms with Crippen LogP contribution in [0.2, 0.25) is 0 Å². The number of carbonyl (C=O) groups is 3. The van der Waals surface area contributed by atoms with Gasteiger partial charge in [0, 0.05) is 24.4 Å². The molecule has 11 heteroatoms. The van der Waals surface area contributed by atoms with Crippen LogP contribution in [0.5, 0.6) is 0 Å². The number of carbonyl (C=O) groups excluding carboxylic acids is 3. The number of benzene rings is 2. The molecule has 3 rings (SSSR count). The molecule has 11 N–H and O–H groups in total. The maximum absolute atomic E-state index is 13.9. The minimum atomic E-state index is -0.934. The van der Waals surface area contributed by atoms with E-state index in [2.05, 4.69) is 15.6 Å². The van der Waals surface area contributed by atoms with E-state index >= 15 is 0 Å². The van der Waals surface area contributed by atoms with Gasteiger partial charge >= 0.3 is 0 Å². The highest BCUT2D eigenvalue weighted by Crippen LogP contribution is 2.32. The van der Waals surface area contributed by atoms with Crippen molar-refractivity contribution in [1.82, 2.24) is 10.6 Å². The van der Waals surface area contributed by atoms with Crippen molar-refractivity contribution in [2.45, 2.75) is 69.9 Å². The molecule has 0 saturated heterocycles. The zero-order valence-corrected chi connectivity index (χ0v) is 24.1. The first-order valence-electron chi connectivity index (χ1n) is 14.6. The number of nitrogens with two attached hydrogens (primary N) is 4. The lowest BCUT2D eigenvalue weighted by Gasteiger charge is -2.31. The number of nitrogens with one attached hydrogen (secondary N) is 3. The number of amides is 3. The summed E-state index contributed by atoms with van der Waals surface area (Å²) in [6.07, 6.45) is 6.61. The van der Waals surface area contributed by atoms with Crippen LogP contribution in [0.1, 0.15) is 61.6 Å². The number of guanidine groups is 1. The third kappa shape index (κ3) is 10.2. The van der Waals surface area contributed by atoms with Gasteiger partial charge in [-0.15, -0.1) is 0 Å². The third-order valence-electron chi connectivity index (χ3n) is 7.80. The molecule has 1 aliphatic carbocycles. The van der Waals surface area contributed by atoms with Gasteiger partial charge in [-0.2, -0.15) is 0 Å². The molecule has 0 heterocycles. The van der Waals surface area contributed by atoms with Gasteiger partial charge in [0.15, 0.2) is 5.96 Å². The first-order chi connectivity index (χ1) is 20.1. The molecule has 226 valence electrons. The normalized spacial score (nSPS) is 15.5. The van der Waals surface area contributed by atoms with Crippen molar-refractivity contribution >= 4 is 29.5 Å². The molecule has 11 nitrogen and oxygen atoms in total. The maximum atomic E-state index is 13.9. The summed E-state index contributed by atoms with van der Waals surface area (Å²) in [5.41, 5.74) is 24.4. The highest BCUT2D eigenvalue weighted by atomic mass is 16.2. The molecular formula is C31H44N8O3. The number of hydrogen-bond acceptors (Lipinski definition) is 5. The largest absolute Gasteiger partial charge is 0.384 e. The Balaban J connectivity index is 1.80. The van der Waals surface area contributed by atoms with E-state index < -0.39 is 23.9 Å². The second-order valence-corrected chi connectivity index (χ2v) is 11.0. The number of rotatable bonds is 15. The van der Waals surface area contributed by atoms with E-state index in [1.165, 1.54) is 0 Å². The second-order valence-electron chi connectivity index (χ2n) is 11.0. The van der Waals surface area contributed by atoms with Crippen LogP contribution in [0.4, 0.5) is 0 Å². The average Bonchev–Trinajstić information content (AvgIpc) is 2.97. The minimum absolute atomic E-state index is 0.0107. The Labute approximate surface area is 247 Å². The Hall–Kier alpha value is -4.41. The molecule has 0 radical (unpaired) electrons. The van der Waals surface area contributed by atoms with Gasteiger partial charge in [-0.05, 0) is 49.1 Å². The molecular weight excluding hydrogens is 532 g/mol. The number of primary amides is 1. The average molecular weight is 577 g/mol. The van der Waals surface area contributed by atoms with Crippen molar-refractivity contribution in [3.8, 4) is 0 Å². The SMILES string of the molecule is N=C(N)c1ccc(CC(C(=O)N[C@@H](Cc2ccccc2)C(=O)N[C@@H](CCCN=C(N)N)C(N)=O)C2CCCCC2)cc1. The molecule has 1 fully saturated rings. The molecule has 3 amide bonds. The maximum Gasteiger partial charge on any atom is 0.243 e. The van der Waals surface area contributed by atoms with Crippen LogP contribution in [0, 0.1) is 17.2 Å².